The Morgan fingerprint density at radius 1 is 1.32 bits per heavy atom. The van der Waals surface area contributed by atoms with Crippen molar-refractivity contribution in [3.63, 3.8) is 0 Å². The number of hydrogen-bond donors (Lipinski definition) is 2. The molecule has 1 unspecified atom stereocenters. The van der Waals surface area contributed by atoms with Crippen molar-refractivity contribution < 1.29 is 28.6 Å². The number of carboxylic acid groups (broad SMARTS) is 1. The van der Waals surface area contributed by atoms with Crippen molar-refractivity contribution in [2.45, 2.75) is 50.2 Å². The van der Waals surface area contributed by atoms with Crippen LogP contribution >= 0.6 is 0 Å². The van der Waals surface area contributed by atoms with E-state index in [1.54, 1.807) is 0 Å². The summed E-state index contributed by atoms with van der Waals surface area (Å²) in [7, 11) is 0. The van der Waals surface area contributed by atoms with Gasteiger partial charge in [0.05, 0.1) is 6.10 Å². The second kappa shape index (κ2) is 5.03. The highest BCUT2D eigenvalue weighted by atomic mass is 19.3. The van der Waals surface area contributed by atoms with E-state index in [4.69, 9.17) is 5.11 Å². The number of β-amino-alcohol motifs (C(OH)–C–C–N with tert-alkyl or cyclic N) is 1. The number of aliphatic hydroxyl groups excluding tert-OH is 1. The van der Waals surface area contributed by atoms with Gasteiger partial charge in [-0.2, -0.15) is 0 Å². The van der Waals surface area contributed by atoms with Crippen LogP contribution < -0.4 is 0 Å². The molecule has 7 heteroatoms. The topological polar surface area (TPSA) is 77.8 Å². The molecule has 2 rings (SSSR count). The molecule has 2 aliphatic rings. The van der Waals surface area contributed by atoms with Gasteiger partial charge < -0.3 is 15.1 Å². The molecule has 0 radical (unpaired) electrons. The van der Waals surface area contributed by atoms with Crippen LogP contribution in [-0.2, 0) is 9.59 Å². The molecule has 1 saturated heterocycles. The molecule has 3 atom stereocenters. The lowest BCUT2D eigenvalue weighted by atomic mass is 9.85. The summed E-state index contributed by atoms with van der Waals surface area (Å²) in [6.45, 7) is -0.0854. The fraction of sp³-hybridized carbons (Fsp3) is 0.833. The predicted molar refractivity (Wildman–Crippen MR) is 60.7 cm³/mol. The van der Waals surface area contributed by atoms with Gasteiger partial charge in [-0.1, -0.05) is 0 Å². The number of halogens is 2. The van der Waals surface area contributed by atoms with Gasteiger partial charge in [0.2, 0.25) is 11.8 Å². The molecule has 1 heterocycles. The Morgan fingerprint density at radius 2 is 2.00 bits per heavy atom. The van der Waals surface area contributed by atoms with Crippen molar-refractivity contribution in [1.82, 2.24) is 4.90 Å². The average Bonchev–Trinajstić information content (AvgIpc) is 2.69. The maximum absolute atomic E-state index is 13.3. The van der Waals surface area contributed by atoms with Crippen LogP contribution in [0.25, 0.3) is 0 Å². The quantitative estimate of drug-likeness (QED) is 0.784. The third-order valence-electron chi connectivity index (χ3n) is 3.84. The third-order valence-corrected chi connectivity index (χ3v) is 3.84. The molecule has 2 fully saturated rings. The number of carbonyl (C=O) groups excluding carboxylic acids is 1. The van der Waals surface area contributed by atoms with Gasteiger partial charge in [-0.05, 0) is 12.8 Å². The summed E-state index contributed by atoms with van der Waals surface area (Å²) in [5, 5.41) is 18.5. The van der Waals surface area contributed by atoms with Crippen molar-refractivity contribution in [1.29, 1.82) is 0 Å². The van der Waals surface area contributed by atoms with Crippen LogP contribution in [0.5, 0.6) is 0 Å². The van der Waals surface area contributed by atoms with Gasteiger partial charge in [-0.15, -0.1) is 0 Å². The number of aliphatic carboxylic acids is 1. The van der Waals surface area contributed by atoms with Crippen LogP contribution in [0.4, 0.5) is 8.78 Å². The van der Waals surface area contributed by atoms with Gasteiger partial charge in [0.15, 0.2) is 0 Å². The van der Waals surface area contributed by atoms with E-state index in [0.29, 0.717) is 6.42 Å². The molecule has 1 saturated carbocycles. The molecule has 1 amide bonds. The fourth-order valence-electron chi connectivity index (χ4n) is 2.91. The Balaban J connectivity index is 2.08. The van der Waals surface area contributed by atoms with Crippen molar-refractivity contribution in [2.75, 3.05) is 6.54 Å². The summed E-state index contributed by atoms with van der Waals surface area (Å²) in [5.41, 5.74) is 0. The van der Waals surface area contributed by atoms with Crippen molar-refractivity contribution in [2.24, 2.45) is 5.92 Å². The van der Waals surface area contributed by atoms with Crippen LogP contribution in [0.2, 0.25) is 0 Å². The summed E-state index contributed by atoms with van der Waals surface area (Å²) in [5.74, 6) is -5.46. The van der Waals surface area contributed by atoms with Gasteiger partial charge in [0, 0.05) is 31.7 Å². The smallest absolute Gasteiger partial charge is 0.326 e. The van der Waals surface area contributed by atoms with Crippen molar-refractivity contribution >= 4 is 11.9 Å². The predicted octanol–water partition coefficient (Wildman–Crippen LogP) is 0.858. The molecule has 5 nitrogen and oxygen atoms in total. The van der Waals surface area contributed by atoms with Crippen molar-refractivity contribution in [3.05, 3.63) is 0 Å². The van der Waals surface area contributed by atoms with E-state index in [1.807, 2.05) is 0 Å². The zero-order valence-corrected chi connectivity index (χ0v) is 10.4. The first-order valence-corrected chi connectivity index (χ1v) is 6.39. The maximum atomic E-state index is 13.3. The van der Waals surface area contributed by atoms with E-state index < -0.39 is 42.3 Å². The zero-order valence-electron chi connectivity index (χ0n) is 10.4. The summed E-state index contributed by atoms with van der Waals surface area (Å²) in [6, 6.07) is -1.10. The van der Waals surface area contributed by atoms with Crippen LogP contribution in [0, 0.1) is 5.92 Å². The summed E-state index contributed by atoms with van der Waals surface area (Å²) >= 11 is 0. The van der Waals surface area contributed by atoms with E-state index in [2.05, 4.69) is 0 Å². The van der Waals surface area contributed by atoms with E-state index in [-0.39, 0.29) is 25.8 Å². The molecular formula is C12H17F2NO4. The molecule has 0 aromatic heterocycles. The fourth-order valence-corrected chi connectivity index (χ4v) is 2.91. The van der Waals surface area contributed by atoms with Crippen LogP contribution in [0.3, 0.4) is 0 Å². The lowest BCUT2D eigenvalue weighted by molar-refractivity contribution is -0.153. The molecular weight excluding hydrogens is 260 g/mol. The number of nitrogens with zero attached hydrogens (tertiary/aromatic N) is 1. The number of carboxylic acids is 1. The SMILES string of the molecule is O=C(O)[C@@H]1C[C@H](O)CN1C(=O)C1CCCC(F)(F)C1. The molecule has 0 aromatic carbocycles. The average molecular weight is 277 g/mol. The largest absolute Gasteiger partial charge is 0.480 e. The molecule has 108 valence electrons. The first-order valence-electron chi connectivity index (χ1n) is 6.39. The minimum Gasteiger partial charge on any atom is -0.480 e. The van der Waals surface area contributed by atoms with E-state index in [1.165, 1.54) is 0 Å². The van der Waals surface area contributed by atoms with Gasteiger partial charge in [-0.3, -0.25) is 4.79 Å². The molecule has 2 N–H and O–H groups in total. The molecule has 0 spiro atoms. The highest BCUT2D eigenvalue weighted by molar-refractivity contribution is 5.86. The first kappa shape index (κ1) is 14.2. The lowest BCUT2D eigenvalue weighted by Crippen LogP contribution is -2.45. The van der Waals surface area contributed by atoms with Gasteiger partial charge in [0.1, 0.15) is 6.04 Å². The molecule has 1 aliphatic heterocycles. The number of rotatable bonds is 2. The number of carbonyl (C=O) groups is 2. The van der Waals surface area contributed by atoms with Gasteiger partial charge in [-0.25, -0.2) is 13.6 Å². The standard InChI is InChI=1S/C12H17F2NO4/c13-12(14)3-1-2-7(5-12)10(17)15-6-8(16)4-9(15)11(18)19/h7-9,16H,1-6H2,(H,18,19)/t7?,8-,9-/m0/s1. The second-order valence-corrected chi connectivity index (χ2v) is 5.38. The minimum atomic E-state index is -2.85. The third kappa shape index (κ3) is 3.02. The molecule has 0 aromatic rings. The van der Waals surface area contributed by atoms with E-state index in [0.717, 1.165) is 4.90 Å². The Morgan fingerprint density at radius 3 is 2.58 bits per heavy atom. The van der Waals surface area contributed by atoms with Crippen LogP contribution in [-0.4, -0.2) is 51.6 Å². The minimum absolute atomic E-state index is 0.0375. The Labute approximate surface area is 109 Å². The number of aliphatic hydroxyl groups is 1. The number of hydrogen-bond acceptors (Lipinski definition) is 3. The molecule has 1 aliphatic carbocycles. The monoisotopic (exact) mass is 277 g/mol. The normalized spacial score (nSPS) is 34.3. The lowest BCUT2D eigenvalue weighted by Gasteiger charge is -2.32. The second-order valence-electron chi connectivity index (χ2n) is 5.38. The Kier molecular flexibility index (Phi) is 3.75. The number of likely N-dealkylation sites (tertiary alicyclic amines) is 1. The zero-order chi connectivity index (χ0) is 14.2. The maximum Gasteiger partial charge on any atom is 0.326 e. The summed E-state index contributed by atoms with van der Waals surface area (Å²) in [4.78, 5) is 24.2. The first-order chi connectivity index (χ1) is 8.80. The van der Waals surface area contributed by atoms with E-state index >= 15 is 0 Å². The summed E-state index contributed by atoms with van der Waals surface area (Å²) in [6.07, 6.45) is -1.06. The Hall–Kier alpha value is -1.24. The highest BCUT2D eigenvalue weighted by Gasteiger charge is 2.45. The summed E-state index contributed by atoms with van der Waals surface area (Å²) < 4.78 is 26.6. The van der Waals surface area contributed by atoms with Crippen molar-refractivity contribution in [3.8, 4) is 0 Å². The van der Waals surface area contributed by atoms with Crippen LogP contribution in [0.1, 0.15) is 32.1 Å². The number of alkyl halides is 2. The molecule has 19 heavy (non-hydrogen) atoms. The van der Waals surface area contributed by atoms with Gasteiger partial charge >= 0.3 is 5.97 Å². The van der Waals surface area contributed by atoms with Gasteiger partial charge in [0.25, 0.3) is 0 Å². The Bertz CT molecular complexity index is 388. The highest BCUT2D eigenvalue weighted by Crippen LogP contribution is 2.38. The van der Waals surface area contributed by atoms with E-state index in [9.17, 15) is 23.5 Å². The molecule has 0 bridgehead atoms. The van der Waals surface area contributed by atoms with Crippen LogP contribution in [0.15, 0.2) is 0 Å². The number of amides is 1.